The second kappa shape index (κ2) is 5.63. The smallest absolute Gasteiger partial charge is 0.264 e. The van der Waals surface area contributed by atoms with Crippen molar-refractivity contribution in [3.05, 3.63) is 35.9 Å². The molecule has 0 radical (unpaired) electrons. The summed E-state index contributed by atoms with van der Waals surface area (Å²) in [7, 11) is -3.95. The summed E-state index contributed by atoms with van der Waals surface area (Å²) in [5.41, 5.74) is -0.0131. The molecule has 0 unspecified atom stereocenters. The van der Waals surface area contributed by atoms with Crippen LogP contribution in [0.3, 0.4) is 0 Å². The van der Waals surface area contributed by atoms with Crippen LogP contribution in [0.15, 0.2) is 30.3 Å². The van der Waals surface area contributed by atoms with Crippen molar-refractivity contribution in [2.45, 2.75) is 26.7 Å². The summed E-state index contributed by atoms with van der Waals surface area (Å²) >= 11 is 0. The van der Waals surface area contributed by atoms with E-state index in [2.05, 4.69) is 0 Å². The van der Waals surface area contributed by atoms with Gasteiger partial charge >= 0.3 is 0 Å². The van der Waals surface area contributed by atoms with Crippen LogP contribution in [0, 0.1) is 5.41 Å². The number of rotatable bonds is 6. The highest BCUT2D eigenvalue weighted by atomic mass is 32.2. The molecule has 0 amide bonds. The van der Waals surface area contributed by atoms with Crippen LogP contribution >= 0.6 is 0 Å². The molecule has 0 aromatic heterocycles. The molecule has 1 aromatic carbocycles. The maximum absolute atomic E-state index is 12.2. The number of hydrogen-bond acceptors (Lipinski definition) is 3. The summed E-state index contributed by atoms with van der Waals surface area (Å²) in [6.07, 6.45) is 0.685. The first kappa shape index (κ1) is 14.9. The van der Waals surface area contributed by atoms with Gasteiger partial charge in [-0.25, -0.2) is 0 Å². The van der Waals surface area contributed by atoms with E-state index in [1.165, 1.54) is 0 Å². The molecule has 0 saturated heterocycles. The molecule has 0 aliphatic rings. The van der Waals surface area contributed by atoms with E-state index in [-0.39, 0.29) is 18.0 Å². The molecule has 0 bridgehead atoms. The predicted molar refractivity (Wildman–Crippen MR) is 70.2 cm³/mol. The molecule has 0 saturated carbocycles. The second-order valence-corrected chi connectivity index (χ2v) is 6.54. The molecule has 0 fully saturated rings. The predicted octanol–water partition coefficient (Wildman–Crippen LogP) is 2.56. The molecule has 100 valence electrons. The van der Waals surface area contributed by atoms with E-state index in [4.69, 9.17) is 4.55 Å². The Morgan fingerprint density at radius 2 is 1.78 bits per heavy atom. The van der Waals surface area contributed by atoms with E-state index in [1.807, 2.05) is 6.07 Å². The monoisotopic (exact) mass is 270 g/mol. The Morgan fingerprint density at radius 3 is 2.28 bits per heavy atom. The molecule has 5 heteroatoms. The third kappa shape index (κ3) is 4.58. The average molecular weight is 270 g/mol. The number of hydrogen-bond donors (Lipinski definition) is 1. The summed E-state index contributed by atoms with van der Waals surface area (Å²) in [5.74, 6) is -0.322. The van der Waals surface area contributed by atoms with Crippen LogP contribution in [-0.4, -0.2) is 24.5 Å². The van der Waals surface area contributed by atoms with Crippen LogP contribution in [0.1, 0.15) is 37.0 Å². The maximum Gasteiger partial charge on any atom is 0.264 e. The number of carbonyl (C=O) groups is 1. The summed E-state index contributed by atoms with van der Waals surface area (Å²) in [5, 5.41) is 0. The Labute approximate surface area is 108 Å². The lowest BCUT2D eigenvalue weighted by Gasteiger charge is -2.22. The highest BCUT2D eigenvalue weighted by molar-refractivity contribution is 7.85. The molecular weight excluding hydrogens is 252 g/mol. The van der Waals surface area contributed by atoms with Crippen molar-refractivity contribution in [3.8, 4) is 0 Å². The Hall–Kier alpha value is -1.20. The largest absolute Gasteiger partial charge is 0.294 e. The van der Waals surface area contributed by atoms with Crippen LogP contribution in [0.2, 0.25) is 0 Å². The molecule has 0 aliphatic carbocycles. The summed E-state index contributed by atoms with van der Waals surface area (Å²) < 4.78 is 29.9. The molecular formula is C13H18O4S. The van der Waals surface area contributed by atoms with Crippen molar-refractivity contribution >= 4 is 15.9 Å². The number of benzene rings is 1. The van der Waals surface area contributed by atoms with Crippen molar-refractivity contribution in [3.63, 3.8) is 0 Å². The quantitative estimate of drug-likeness (QED) is 0.637. The van der Waals surface area contributed by atoms with E-state index in [0.29, 0.717) is 12.0 Å². The van der Waals surface area contributed by atoms with Gasteiger partial charge in [0.05, 0.1) is 5.75 Å². The number of carbonyl (C=O) groups excluding carboxylic acids is 1. The maximum atomic E-state index is 12.2. The number of ketones is 1. The first-order chi connectivity index (χ1) is 8.22. The van der Waals surface area contributed by atoms with Gasteiger partial charge in [0.15, 0.2) is 5.78 Å². The highest BCUT2D eigenvalue weighted by Gasteiger charge is 2.28. The molecule has 1 rings (SSSR count). The van der Waals surface area contributed by atoms with Crippen LogP contribution < -0.4 is 0 Å². The fraction of sp³-hybridized carbons (Fsp3) is 0.462. The lowest BCUT2D eigenvalue weighted by atomic mass is 9.80. The zero-order valence-corrected chi connectivity index (χ0v) is 11.4. The third-order valence-electron chi connectivity index (χ3n) is 2.85. The zero-order valence-electron chi connectivity index (χ0n) is 10.6. The van der Waals surface area contributed by atoms with Crippen molar-refractivity contribution in [2.24, 2.45) is 5.41 Å². The Morgan fingerprint density at radius 1 is 1.22 bits per heavy atom. The Bertz CT molecular complexity index is 503. The SMILES string of the molecule is CC(C)(CCCS(=O)(=O)O)C(=O)c1ccccc1. The fourth-order valence-corrected chi connectivity index (χ4v) is 2.30. The van der Waals surface area contributed by atoms with E-state index >= 15 is 0 Å². The Balaban J connectivity index is 2.66. The molecule has 18 heavy (non-hydrogen) atoms. The lowest BCUT2D eigenvalue weighted by molar-refractivity contribution is 0.0825. The molecule has 1 N–H and O–H groups in total. The van der Waals surface area contributed by atoms with Crippen molar-refractivity contribution in [1.29, 1.82) is 0 Å². The van der Waals surface area contributed by atoms with Crippen molar-refractivity contribution < 1.29 is 17.8 Å². The molecule has 1 aromatic rings. The van der Waals surface area contributed by atoms with Gasteiger partial charge in [-0.2, -0.15) is 8.42 Å². The molecule has 0 aliphatic heterocycles. The topological polar surface area (TPSA) is 71.4 Å². The first-order valence-electron chi connectivity index (χ1n) is 5.77. The summed E-state index contributed by atoms with van der Waals surface area (Å²) in [6.45, 7) is 3.57. The van der Waals surface area contributed by atoms with Gasteiger partial charge in [-0.05, 0) is 12.8 Å². The average Bonchev–Trinajstić information content (AvgIpc) is 2.27. The van der Waals surface area contributed by atoms with E-state index in [0.717, 1.165) is 0 Å². The van der Waals surface area contributed by atoms with Gasteiger partial charge in [0.25, 0.3) is 10.1 Å². The van der Waals surface area contributed by atoms with Gasteiger partial charge in [0.2, 0.25) is 0 Å². The lowest BCUT2D eigenvalue weighted by Crippen LogP contribution is -2.25. The van der Waals surface area contributed by atoms with Crippen LogP contribution in [0.5, 0.6) is 0 Å². The normalized spacial score (nSPS) is 12.4. The molecule has 0 heterocycles. The minimum atomic E-state index is -3.95. The van der Waals surface area contributed by atoms with Crippen LogP contribution in [0.25, 0.3) is 0 Å². The molecule has 0 spiro atoms. The van der Waals surface area contributed by atoms with Crippen LogP contribution in [0.4, 0.5) is 0 Å². The van der Waals surface area contributed by atoms with Gasteiger partial charge in [-0.15, -0.1) is 0 Å². The minimum absolute atomic E-state index is 0.0153. The van der Waals surface area contributed by atoms with Gasteiger partial charge < -0.3 is 0 Å². The summed E-state index contributed by atoms with van der Waals surface area (Å²) in [4.78, 5) is 12.2. The third-order valence-corrected chi connectivity index (χ3v) is 3.66. The minimum Gasteiger partial charge on any atom is -0.294 e. The van der Waals surface area contributed by atoms with E-state index < -0.39 is 15.5 Å². The van der Waals surface area contributed by atoms with Gasteiger partial charge in [0.1, 0.15) is 0 Å². The van der Waals surface area contributed by atoms with Crippen molar-refractivity contribution in [2.75, 3.05) is 5.75 Å². The standard InChI is InChI=1S/C13H18O4S/c1-13(2,9-6-10-18(15,16)17)12(14)11-7-4-3-5-8-11/h3-5,7-8H,6,9-10H2,1-2H3,(H,15,16,17). The van der Waals surface area contributed by atoms with Crippen molar-refractivity contribution in [1.82, 2.24) is 0 Å². The zero-order chi connectivity index (χ0) is 13.8. The molecule has 0 atom stereocenters. The van der Waals surface area contributed by atoms with E-state index in [9.17, 15) is 13.2 Å². The first-order valence-corrected chi connectivity index (χ1v) is 7.38. The molecule has 4 nitrogen and oxygen atoms in total. The summed E-state index contributed by atoms with van der Waals surface area (Å²) in [6, 6.07) is 8.91. The van der Waals surface area contributed by atoms with Gasteiger partial charge in [-0.1, -0.05) is 44.2 Å². The second-order valence-electron chi connectivity index (χ2n) is 4.97. The van der Waals surface area contributed by atoms with Gasteiger partial charge in [0, 0.05) is 11.0 Å². The van der Waals surface area contributed by atoms with Gasteiger partial charge in [-0.3, -0.25) is 9.35 Å². The highest BCUT2D eigenvalue weighted by Crippen LogP contribution is 2.27. The fourth-order valence-electron chi connectivity index (χ4n) is 1.79. The number of Topliss-reactive ketones (excluding diaryl/α,β-unsaturated/α-hetero) is 1. The van der Waals surface area contributed by atoms with Crippen LogP contribution in [-0.2, 0) is 10.1 Å². The Kier molecular flexibility index (Phi) is 4.65. The van der Waals surface area contributed by atoms with E-state index in [1.54, 1.807) is 38.1 Å².